The van der Waals surface area contributed by atoms with Crippen LogP contribution in [0.2, 0.25) is 0 Å². The lowest BCUT2D eigenvalue weighted by Gasteiger charge is -2.24. The molecule has 1 amide bonds. The van der Waals surface area contributed by atoms with Crippen molar-refractivity contribution in [2.45, 2.75) is 232 Å². The molecular formula is C49H87NO5. The molecule has 0 heterocycles. The quantitative estimate of drug-likeness (QED) is 0.0250. The summed E-state index contributed by atoms with van der Waals surface area (Å²) in [5.41, 5.74) is 0. The summed E-state index contributed by atoms with van der Waals surface area (Å²) >= 11 is 0. The molecule has 0 saturated heterocycles. The molecule has 0 radical (unpaired) electrons. The Hall–Kier alpha value is -2.44. The van der Waals surface area contributed by atoms with Crippen LogP contribution in [0.5, 0.6) is 0 Å². The van der Waals surface area contributed by atoms with Gasteiger partial charge in [0.15, 0.2) is 0 Å². The molecule has 0 aromatic carbocycles. The smallest absolute Gasteiger partial charge is 0.306 e. The molecule has 55 heavy (non-hydrogen) atoms. The van der Waals surface area contributed by atoms with E-state index in [4.69, 9.17) is 4.74 Å². The molecule has 3 unspecified atom stereocenters. The van der Waals surface area contributed by atoms with Crippen LogP contribution in [0.25, 0.3) is 0 Å². The summed E-state index contributed by atoms with van der Waals surface area (Å²) in [5, 5.41) is 23.6. The lowest BCUT2D eigenvalue weighted by atomic mass is 10.0. The molecule has 0 aromatic heterocycles. The van der Waals surface area contributed by atoms with Crippen LogP contribution < -0.4 is 5.32 Å². The van der Waals surface area contributed by atoms with Gasteiger partial charge >= 0.3 is 5.97 Å². The Morgan fingerprint density at radius 2 is 1.05 bits per heavy atom. The van der Waals surface area contributed by atoms with Crippen molar-refractivity contribution < 1.29 is 24.5 Å². The fraction of sp³-hybridized carbons (Fsp3) is 0.755. The van der Waals surface area contributed by atoms with Gasteiger partial charge in [-0.3, -0.25) is 9.59 Å². The highest BCUT2D eigenvalue weighted by Crippen LogP contribution is 2.16. The Labute approximate surface area is 339 Å². The van der Waals surface area contributed by atoms with Crippen LogP contribution in [0.4, 0.5) is 0 Å². The summed E-state index contributed by atoms with van der Waals surface area (Å²) in [6.07, 6.45) is 51.5. The lowest BCUT2D eigenvalue weighted by molar-refractivity contribution is -0.150. The average Bonchev–Trinajstić information content (AvgIpc) is 3.18. The Morgan fingerprint density at radius 3 is 1.64 bits per heavy atom. The zero-order valence-electron chi connectivity index (χ0n) is 36.0. The van der Waals surface area contributed by atoms with Gasteiger partial charge in [-0.25, -0.2) is 0 Å². The fourth-order valence-corrected chi connectivity index (χ4v) is 6.66. The van der Waals surface area contributed by atoms with Crippen molar-refractivity contribution in [2.24, 2.45) is 0 Å². The van der Waals surface area contributed by atoms with E-state index >= 15 is 0 Å². The van der Waals surface area contributed by atoms with Gasteiger partial charge in [-0.1, -0.05) is 197 Å². The number of rotatable bonds is 40. The predicted octanol–water partition coefficient (Wildman–Crippen LogP) is 13.3. The number of carbonyl (C=O) groups excluding carboxylic acids is 2. The minimum Gasteiger partial charge on any atom is -0.462 e. The van der Waals surface area contributed by atoms with E-state index < -0.39 is 18.2 Å². The molecule has 0 rings (SSSR count). The van der Waals surface area contributed by atoms with Crippen molar-refractivity contribution in [1.82, 2.24) is 5.32 Å². The van der Waals surface area contributed by atoms with Crippen molar-refractivity contribution in [2.75, 3.05) is 6.61 Å². The molecule has 0 aliphatic carbocycles. The van der Waals surface area contributed by atoms with Crippen molar-refractivity contribution >= 4 is 11.9 Å². The van der Waals surface area contributed by atoms with E-state index in [1.807, 2.05) is 18.2 Å². The van der Waals surface area contributed by atoms with Gasteiger partial charge in [0.2, 0.25) is 5.91 Å². The second-order valence-electron chi connectivity index (χ2n) is 15.5. The Bertz CT molecular complexity index is 999. The van der Waals surface area contributed by atoms with E-state index in [1.165, 1.54) is 96.3 Å². The molecule has 0 aliphatic rings. The maximum absolute atomic E-state index is 13.1. The van der Waals surface area contributed by atoms with Crippen molar-refractivity contribution in [3.8, 4) is 0 Å². The van der Waals surface area contributed by atoms with E-state index in [-0.39, 0.29) is 31.3 Å². The van der Waals surface area contributed by atoms with Crippen molar-refractivity contribution in [3.63, 3.8) is 0 Å². The largest absolute Gasteiger partial charge is 0.462 e. The molecule has 0 fully saturated rings. The van der Waals surface area contributed by atoms with Crippen LogP contribution in [0.3, 0.4) is 0 Å². The summed E-state index contributed by atoms with van der Waals surface area (Å²) in [4.78, 5) is 25.9. The van der Waals surface area contributed by atoms with Gasteiger partial charge in [-0.2, -0.15) is 0 Å². The van der Waals surface area contributed by atoms with E-state index in [0.717, 1.165) is 64.2 Å². The summed E-state index contributed by atoms with van der Waals surface area (Å²) in [7, 11) is 0. The molecule has 6 heteroatoms. The predicted molar refractivity (Wildman–Crippen MR) is 236 cm³/mol. The normalized spacial score (nSPS) is 13.9. The van der Waals surface area contributed by atoms with Gasteiger partial charge in [0, 0.05) is 6.42 Å². The highest BCUT2D eigenvalue weighted by molar-refractivity contribution is 5.77. The number of carbonyl (C=O) groups is 2. The first-order valence-corrected chi connectivity index (χ1v) is 23.0. The first-order valence-electron chi connectivity index (χ1n) is 23.0. The lowest BCUT2D eigenvalue weighted by Crippen LogP contribution is -2.46. The molecular weight excluding hydrogens is 683 g/mol. The standard InChI is InChI=1S/C49H87NO5/c1-4-7-10-13-16-19-22-24-27-30-33-36-39-42-49(54)55-45(40-37-34-31-28-25-21-18-15-12-9-6-3)43-48(53)50-46(44-51)47(52)41-38-35-32-29-26-23-20-17-14-11-8-5-2/h9,12,15,18,21,24-25,27,33,36,45-47,51-52H,4-8,10-11,13-14,16-17,19-20,22-23,26,28-32,34-35,37-44H2,1-3H3,(H,50,53)/b12-9+,18-15+,25-21-,27-24-,36-33+. The number of aliphatic hydroxyl groups is 2. The molecule has 0 aromatic rings. The van der Waals surface area contributed by atoms with Crippen LogP contribution >= 0.6 is 0 Å². The first-order chi connectivity index (χ1) is 27.0. The summed E-state index contributed by atoms with van der Waals surface area (Å²) in [6.45, 7) is 6.29. The number of ether oxygens (including phenoxy) is 1. The number of allylic oxidation sites excluding steroid dienone is 10. The van der Waals surface area contributed by atoms with Crippen LogP contribution in [-0.2, 0) is 14.3 Å². The van der Waals surface area contributed by atoms with E-state index in [9.17, 15) is 19.8 Å². The topological polar surface area (TPSA) is 95.9 Å². The zero-order valence-corrected chi connectivity index (χ0v) is 36.0. The third-order valence-electron chi connectivity index (χ3n) is 10.2. The van der Waals surface area contributed by atoms with Gasteiger partial charge < -0.3 is 20.3 Å². The average molecular weight is 770 g/mol. The Balaban J connectivity index is 4.69. The van der Waals surface area contributed by atoms with Crippen molar-refractivity contribution in [3.05, 3.63) is 60.8 Å². The minimum atomic E-state index is -0.805. The summed E-state index contributed by atoms with van der Waals surface area (Å²) in [6, 6.07) is -0.722. The maximum Gasteiger partial charge on any atom is 0.306 e. The number of aliphatic hydroxyl groups excluding tert-OH is 2. The minimum absolute atomic E-state index is 0.0305. The molecule has 318 valence electrons. The number of esters is 1. The Morgan fingerprint density at radius 1 is 0.564 bits per heavy atom. The SMILES string of the molecule is CC/C=C/C=C/C=C\CCCCCC(CC(=O)NC(CO)C(O)CCCCCCCCCCCCCC)OC(=O)CC/C=C/C/C=C\CCCCCCCC. The molecule has 0 spiro atoms. The second-order valence-corrected chi connectivity index (χ2v) is 15.5. The molecule has 3 atom stereocenters. The number of hydrogen-bond donors (Lipinski definition) is 3. The third-order valence-corrected chi connectivity index (χ3v) is 10.2. The Kier molecular flexibility index (Phi) is 40.8. The molecule has 3 N–H and O–H groups in total. The van der Waals surface area contributed by atoms with Gasteiger partial charge in [-0.05, 0) is 64.2 Å². The number of nitrogens with one attached hydrogen (secondary N) is 1. The van der Waals surface area contributed by atoms with Crippen LogP contribution in [-0.4, -0.2) is 46.9 Å². The fourth-order valence-electron chi connectivity index (χ4n) is 6.66. The highest BCUT2D eigenvalue weighted by atomic mass is 16.5. The highest BCUT2D eigenvalue weighted by Gasteiger charge is 2.24. The maximum atomic E-state index is 13.1. The van der Waals surface area contributed by atoms with Crippen molar-refractivity contribution in [1.29, 1.82) is 0 Å². The number of unbranched alkanes of at least 4 members (excludes halogenated alkanes) is 20. The van der Waals surface area contributed by atoms with Crippen LogP contribution in [0.1, 0.15) is 213 Å². The number of amides is 1. The molecule has 0 saturated carbocycles. The zero-order chi connectivity index (χ0) is 40.3. The molecule has 6 nitrogen and oxygen atoms in total. The second kappa shape index (κ2) is 42.7. The van der Waals surface area contributed by atoms with Gasteiger partial charge in [0.1, 0.15) is 6.10 Å². The summed E-state index contributed by atoms with van der Waals surface area (Å²) in [5.74, 6) is -0.594. The summed E-state index contributed by atoms with van der Waals surface area (Å²) < 4.78 is 5.84. The van der Waals surface area contributed by atoms with Gasteiger partial charge in [0.05, 0.1) is 25.2 Å². The number of hydrogen-bond acceptors (Lipinski definition) is 5. The van der Waals surface area contributed by atoms with Gasteiger partial charge in [-0.15, -0.1) is 0 Å². The third kappa shape index (κ3) is 38.2. The molecule has 0 bridgehead atoms. The first kappa shape index (κ1) is 52.6. The van der Waals surface area contributed by atoms with Gasteiger partial charge in [0.25, 0.3) is 0 Å². The monoisotopic (exact) mass is 770 g/mol. The van der Waals surface area contributed by atoms with Crippen LogP contribution in [0.15, 0.2) is 60.8 Å². The van der Waals surface area contributed by atoms with E-state index in [1.54, 1.807) is 0 Å². The molecule has 0 aliphatic heterocycles. The van der Waals surface area contributed by atoms with E-state index in [0.29, 0.717) is 19.3 Å². The van der Waals surface area contributed by atoms with E-state index in [2.05, 4.69) is 68.6 Å². The van der Waals surface area contributed by atoms with Crippen LogP contribution in [0, 0.1) is 0 Å².